The standard InChI is InChI=1S/C14H26N2O2S/c1-5-8-11-12(17)15-14(3,4)13(18)16(11)9-7-10-19-6-2/h11H,5-10H2,1-4H3,(H,15,17). The van der Waals surface area contributed by atoms with Gasteiger partial charge >= 0.3 is 0 Å². The predicted octanol–water partition coefficient (Wildman–Crippen LogP) is 2.04. The van der Waals surface area contributed by atoms with Gasteiger partial charge < -0.3 is 10.2 Å². The molecule has 1 heterocycles. The van der Waals surface area contributed by atoms with Crippen molar-refractivity contribution in [1.82, 2.24) is 10.2 Å². The van der Waals surface area contributed by atoms with Gasteiger partial charge in [-0.15, -0.1) is 0 Å². The third kappa shape index (κ3) is 4.13. The molecule has 1 saturated heterocycles. The van der Waals surface area contributed by atoms with Crippen LogP contribution in [0.15, 0.2) is 0 Å². The van der Waals surface area contributed by atoms with Crippen LogP contribution in [0, 0.1) is 0 Å². The first-order valence-electron chi connectivity index (χ1n) is 7.14. The van der Waals surface area contributed by atoms with Gasteiger partial charge in [-0.25, -0.2) is 0 Å². The molecule has 0 radical (unpaired) electrons. The summed E-state index contributed by atoms with van der Waals surface area (Å²) in [4.78, 5) is 26.4. The van der Waals surface area contributed by atoms with Crippen molar-refractivity contribution in [1.29, 1.82) is 0 Å². The van der Waals surface area contributed by atoms with Crippen LogP contribution in [0.25, 0.3) is 0 Å². The van der Waals surface area contributed by atoms with Crippen LogP contribution in [0.2, 0.25) is 0 Å². The number of hydrogen-bond donors (Lipinski definition) is 1. The molecule has 1 fully saturated rings. The minimum atomic E-state index is -0.765. The highest BCUT2D eigenvalue weighted by Crippen LogP contribution is 2.21. The fourth-order valence-electron chi connectivity index (χ4n) is 2.39. The van der Waals surface area contributed by atoms with Gasteiger partial charge in [0, 0.05) is 6.54 Å². The van der Waals surface area contributed by atoms with Crippen LogP contribution in [0.4, 0.5) is 0 Å². The molecule has 0 aromatic rings. The lowest BCUT2D eigenvalue weighted by molar-refractivity contribution is -0.153. The van der Waals surface area contributed by atoms with Gasteiger partial charge in [0.15, 0.2) is 0 Å². The highest BCUT2D eigenvalue weighted by Gasteiger charge is 2.44. The summed E-state index contributed by atoms with van der Waals surface area (Å²) >= 11 is 1.87. The van der Waals surface area contributed by atoms with Crippen molar-refractivity contribution in [3.8, 4) is 0 Å². The minimum absolute atomic E-state index is 0.00501. The smallest absolute Gasteiger partial charge is 0.248 e. The van der Waals surface area contributed by atoms with E-state index in [4.69, 9.17) is 0 Å². The van der Waals surface area contributed by atoms with Gasteiger partial charge in [0.25, 0.3) is 0 Å². The average Bonchev–Trinajstić information content (AvgIpc) is 2.34. The fraction of sp³-hybridized carbons (Fsp3) is 0.857. The first-order valence-corrected chi connectivity index (χ1v) is 8.30. The molecule has 4 nitrogen and oxygen atoms in total. The van der Waals surface area contributed by atoms with E-state index in [1.165, 1.54) is 0 Å². The molecule has 0 spiro atoms. The molecule has 1 atom stereocenters. The summed E-state index contributed by atoms with van der Waals surface area (Å²) in [7, 11) is 0. The lowest BCUT2D eigenvalue weighted by Crippen LogP contribution is -2.68. The molecule has 0 aromatic carbocycles. The molecule has 1 rings (SSSR count). The van der Waals surface area contributed by atoms with Crippen LogP contribution in [0.1, 0.15) is 47.0 Å². The van der Waals surface area contributed by atoms with Crippen molar-refractivity contribution in [2.24, 2.45) is 0 Å². The summed E-state index contributed by atoms with van der Waals surface area (Å²) in [5.41, 5.74) is -0.765. The number of amides is 2. The monoisotopic (exact) mass is 286 g/mol. The fourth-order valence-corrected chi connectivity index (χ4v) is 3.01. The number of rotatable bonds is 7. The van der Waals surface area contributed by atoms with Gasteiger partial charge in [0.05, 0.1) is 0 Å². The van der Waals surface area contributed by atoms with Gasteiger partial charge in [0.2, 0.25) is 11.8 Å². The third-order valence-electron chi connectivity index (χ3n) is 3.36. The van der Waals surface area contributed by atoms with Crippen molar-refractivity contribution in [2.45, 2.75) is 58.5 Å². The molecule has 110 valence electrons. The summed E-state index contributed by atoms with van der Waals surface area (Å²) in [5.74, 6) is 2.18. The summed E-state index contributed by atoms with van der Waals surface area (Å²) in [6, 6.07) is -0.280. The van der Waals surface area contributed by atoms with E-state index in [2.05, 4.69) is 12.2 Å². The maximum absolute atomic E-state index is 12.4. The van der Waals surface area contributed by atoms with Crippen LogP contribution in [-0.2, 0) is 9.59 Å². The highest BCUT2D eigenvalue weighted by atomic mass is 32.2. The molecular weight excluding hydrogens is 260 g/mol. The van der Waals surface area contributed by atoms with Gasteiger partial charge in [-0.3, -0.25) is 9.59 Å². The van der Waals surface area contributed by atoms with Gasteiger partial charge in [0.1, 0.15) is 11.6 Å². The Balaban J connectivity index is 2.72. The van der Waals surface area contributed by atoms with Crippen LogP contribution in [0.3, 0.4) is 0 Å². The van der Waals surface area contributed by atoms with Crippen LogP contribution < -0.4 is 5.32 Å². The molecule has 0 aliphatic carbocycles. The Morgan fingerprint density at radius 3 is 2.58 bits per heavy atom. The zero-order valence-corrected chi connectivity index (χ0v) is 13.3. The lowest BCUT2D eigenvalue weighted by Gasteiger charge is -2.43. The van der Waals surface area contributed by atoms with Crippen molar-refractivity contribution >= 4 is 23.6 Å². The number of nitrogens with zero attached hydrogens (tertiary/aromatic N) is 1. The molecule has 1 aliphatic rings. The molecule has 1 aliphatic heterocycles. The molecule has 0 aromatic heterocycles. The summed E-state index contributed by atoms with van der Waals surface area (Å²) in [5, 5.41) is 2.84. The quantitative estimate of drug-likeness (QED) is 0.729. The number of piperazine rings is 1. The Kier molecular flexibility index (Phi) is 6.17. The number of carbonyl (C=O) groups is 2. The van der Waals surface area contributed by atoms with E-state index in [1.54, 1.807) is 18.7 Å². The summed E-state index contributed by atoms with van der Waals surface area (Å²) < 4.78 is 0. The molecule has 1 unspecified atom stereocenters. The summed E-state index contributed by atoms with van der Waals surface area (Å²) in [6.07, 6.45) is 2.61. The van der Waals surface area contributed by atoms with Gasteiger partial charge in [-0.1, -0.05) is 20.3 Å². The van der Waals surface area contributed by atoms with Gasteiger partial charge in [-0.2, -0.15) is 11.8 Å². The van der Waals surface area contributed by atoms with Crippen molar-refractivity contribution in [2.75, 3.05) is 18.1 Å². The van der Waals surface area contributed by atoms with Crippen molar-refractivity contribution in [3.05, 3.63) is 0 Å². The number of thioether (sulfide) groups is 1. The third-order valence-corrected chi connectivity index (χ3v) is 4.35. The Bertz CT molecular complexity index is 331. The molecule has 1 N–H and O–H groups in total. The maximum atomic E-state index is 12.4. The second-order valence-electron chi connectivity index (χ2n) is 5.47. The second-order valence-corrected chi connectivity index (χ2v) is 6.86. The normalized spacial score (nSPS) is 22.5. The average molecular weight is 286 g/mol. The summed E-state index contributed by atoms with van der Waals surface area (Å²) in [6.45, 7) is 8.43. The SMILES string of the molecule is CCCC1C(=O)NC(C)(C)C(=O)N1CCCSCC. The van der Waals surface area contributed by atoms with E-state index in [9.17, 15) is 9.59 Å². The molecule has 0 bridgehead atoms. The minimum Gasteiger partial charge on any atom is -0.340 e. The van der Waals surface area contributed by atoms with Crippen LogP contribution >= 0.6 is 11.8 Å². The zero-order valence-electron chi connectivity index (χ0n) is 12.5. The van der Waals surface area contributed by atoms with Crippen LogP contribution in [-0.4, -0.2) is 46.3 Å². The van der Waals surface area contributed by atoms with E-state index in [1.807, 2.05) is 18.7 Å². The Morgan fingerprint density at radius 2 is 2.00 bits per heavy atom. The number of nitrogens with one attached hydrogen (secondary N) is 1. The van der Waals surface area contributed by atoms with Crippen LogP contribution in [0.5, 0.6) is 0 Å². The van der Waals surface area contributed by atoms with Crippen molar-refractivity contribution < 1.29 is 9.59 Å². The molecule has 5 heteroatoms. The maximum Gasteiger partial charge on any atom is 0.248 e. The largest absolute Gasteiger partial charge is 0.340 e. The molecule has 0 saturated carbocycles. The molecule has 2 amide bonds. The Labute approximate surface area is 120 Å². The Morgan fingerprint density at radius 1 is 1.32 bits per heavy atom. The predicted molar refractivity (Wildman–Crippen MR) is 80.2 cm³/mol. The zero-order chi connectivity index (χ0) is 14.5. The van der Waals surface area contributed by atoms with Crippen molar-refractivity contribution in [3.63, 3.8) is 0 Å². The molecular formula is C14H26N2O2S. The number of carbonyl (C=O) groups excluding carboxylic acids is 2. The second kappa shape index (κ2) is 7.17. The lowest BCUT2D eigenvalue weighted by atomic mass is 9.95. The first kappa shape index (κ1) is 16.3. The van der Waals surface area contributed by atoms with E-state index in [-0.39, 0.29) is 17.9 Å². The van der Waals surface area contributed by atoms with E-state index >= 15 is 0 Å². The molecule has 19 heavy (non-hydrogen) atoms. The topological polar surface area (TPSA) is 49.4 Å². The Hall–Kier alpha value is -0.710. The highest BCUT2D eigenvalue weighted by molar-refractivity contribution is 7.99. The van der Waals surface area contributed by atoms with E-state index < -0.39 is 5.54 Å². The van der Waals surface area contributed by atoms with E-state index in [0.29, 0.717) is 6.54 Å². The first-order chi connectivity index (χ1) is 8.94. The van der Waals surface area contributed by atoms with E-state index in [0.717, 1.165) is 30.8 Å². The number of hydrogen-bond acceptors (Lipinski definition) is 3. The van der Waals surface area contributed by atoms with Gasteiger partial charge in [-0.05, 0) is 38.2 Å².